The number of benzene rings is 1. The first-order valence-corrected chi connectivity index (χ1v) is 8.39. The lowest BCUT2D eigenvalue weighted by atomic mass is 9.82. The molecule has 0 spiro atoms. The standard InChI is InChI=1S/C15H19ClIN/c16-12-6-7-15(14(17)9-12)18-13-3-1-2-11(8-13)10-4-5-10/h6-7,9-11,13,18H,1-5,8H2. The molecule has 2 atom stereocenters. The van der Waals surface area contributed by atoms with Crippen LogP contribution in [0.1, 0.15) is 38.5 Å². The first-order valence-electron chi connectivity index (χ1n) is 6.94. The van der Waals surface area contributed by atoms with Crippen molar-refractivity contribution in [2.45, 2.75) is 44.6 Å². The molecule has 1 aromatic rings. The van der Waals surface area contributed by atoms with E-state index in [0.717, 1.165) is 16.9 Å². The molecule has 2 saturated carbocycles. The summed E-state index contributed by atoms with van der Waals surface area (Å²) in [5.41, 5.74) is 1.25. The van der Waals surface area contributed by atoms with Crippen molar-refractivity contribution in [1.29, 1.82) is 0 Å². The molecule has 0 aliphatic heterocycles. The van der Waals surface area contributed by atoms with Crippen LogP contribution in [0.3, 0.4) is 0 Å². The largest absolute Gasteiger partial charge is 0.381 e. The molecule has 3 heteroatoms. The quantitative estimate of drug-likeness (QED) is 0.705. The molecule has 2 fully saturated rings. The summed E-state index contributed by atoms with van der Waals surface area (Å²) in [6.07, 6.45) is 8.50. The highest BCUT2D eigenvalue weighted by atomic mass is 127. The normalized spacial score (nSPS) is 28.1. The van der Waals surface area contributed by atoms with Crippen molar-refractivity contribution in [3.05, 3.63) is 26.8 Å². The molecule has 18 heavy (non-hydrogen) atoms. The van der Waals surface area contributed by atoms with Gasteiger partial charge in [-0.15, -0.1) is 0 Å². The first-order chi connectivity index (χ1) is 8.72. The molecule has 0 amide bonds. The number of anilines is 1. The summed E-state index contributed by atoms with van der Waals surface area (Å²) in [6, 6.07) is 6.79. The van der Waals surface area contributed by atoms with Gasteiger partial charge in [0.25, 0.3) is 0 Å². The van der Waals surface area contributed by atoms with Gasteiger partial charge in [0.15, 0.2) is 0 Å². The van der Waals surface area contributed by atoms with Gasteiger partial charge in [0.2, 0.25) is 0 Å². The van der Waals surface area contributed by atoms with Crippen LogP contribution < -0.4 is 5.32 Å². The van der Waals surface area contributed by atoms with E-state index in [-0.39, 0.29) is 0 Å². The van der Waals surface area contributed by atoms with Crippen LogP contribution in [0.4, 0.5) is 5.69 Å². The Hall–Kier alpha value is 0.0400. The van der Waals surface area contributed by atoms with E-state index in [9.17, 15) is 0 Å². The van der Waals surface area contributed by atoms with Crippen molar-refractivity contribution < 1.29 is 0 Å². The molecular formula is C15H19ClIN. The zero-order chi connectivity index (χ0) is 12.5. The van der Waals surface area contributed by atoms with Crippen LogP contribution in [0.15, 0.2) is 18.2 Å². The van der Waals surface area contributed by atoms with Gasteiger partial charge >= 0.3 is 0 Å². The van der Waals surface area contributed by atoms with E-state index < -0.39 is 0 Å². The summed E-state index contributed by atoms with van der Waals surface area (Å²) in [4.78, 5) is 0. The highest BCUT2D eigenvalue weighted by molar-refractivity contribution is 14.1. The third kappa shape index (κ3) is 3.13. The third-order valence-electron chi connectivity index (χ3n) is 4.29. The highest BCUT2D eigenvalue weighted by Gasteiger charge is 2.34. The molecule has 1 N–H and O–H groups in total. The van der Waals surface area contributed by atoms with Gasteiger partial charge in [-0.25, -0.2) is 0 Å². The van der Waals surface area contributed by atoms with E-state index in [1.54, 1.807) is 0 Å². The topological polar surface area (TPSA) is 12.0 Å². The number of halogens is 2. The van der Waals surface area contributed by atoms with E-state index in [2.05, 4.69) is 34.0 Å². The maximum absolute atomic E-state index is 6.00. The van der Waals surface area contributed by atoms with Crippen LogP contribution in [-0.2, 0) is 0 Å². The van der Waals surface area contributed by atoms with E-state index in [1.165, 1.54) is 47.8 Å². The molecule has 2 aliphatic carbocycles. The molecule has 0 bridgehead atoms. The lowest BCUT2D eigenvalue weighted by Crippen LogP contribution is -2.28. The predicted octanol–water partition coefficient (Wildman–Crippen LogP) is 5.33. The van der Waals surface area contributed by atoms with Crippen LogP contribution in [0.25, 0.3) is 0 Å². The molecule has 2 unspecified atom stereocenters. The fourth-order valence-electron chi connectivity index (χ4n) is 3.18. The fourth-order valence-corrected chi connectivity index (χ4v) is 4.21. The molecule has 0 saturated heterocycles. The lowest BCUT2D eigenvalue weighted by molar-refractivity contribution is 0.303. The second-order valence-corrected chi connectivity index (χ2v) is 7.33. The Kier molecular flexibility index (Phi) is 4.04. The van der Waals surface area contributed by atoms with Crippen LogP contribution >= 0.6 is 34.2 Å². The zero-order valence-electron chi connectivity index (χ0n) is 10.5. The molecular weight excluding hydrogens is 357 g/mol. The number of hydrogen-bond donors (Lipinski definition) is 1. The average Bonchev–Trinajstić information content (AvgIpc) is 3.17. The van der Waals surface area contributed by atoms with Crippen LogP contribution in [-0.4, -0.2) is 6.04 Å². The molecule has 0 aromatic heterocycles. The van der Waals surface area contributed by atoms with Crippen molar-refractivity contribution in [2.75, 3.05) is 5.32 Å². The van der Waals surface area contributed by atoms with E-state index in [4.69, 9.17) is 11.6 Å². The minimum Gasteiger partial charge on any atom is -0.381 e. The minimum atomic E-state index is 0.666. The smallest absolute Gasteiger partial charge is 0.0479 e. The van der Waals surface area contributed by atoms with Crippen LogP contribution in [0.2, 0.25) is 5.02 Å². The van der Waals surface area contributed by atoms with Gasteiger partial charge in [0.1, 0.15) is 0 Å². The second kappa shape index (κ2) is 5.58. The van der Waals surface area contributed by atoms with Crippen molar-refractivity contribution in [3.8, 4) is 0 Å². The van der Waals surface area contributed by atoms with Gasteiger partial charge < -0.3 is 5.32 Å². The van der Waals surface area contributed by atoms with Gasteiger partial charge in [-0.1, -0.05) is 24.4 Å². The summed E-state index contributed by atoms with van der Waals surface area (Å²) in [5.74, 6) is 2.04. The van der Waals surface area contributed by atoms with Crippen LogP contribution in [0.5, 0.6) is 0 Å². The fraction of sp³-hybridized carbons (Fsp3) is 0.600. The van der Waals surface area contributed by atoms with Crippen LogP contribution in [0, 0.1) is 15.4 Å². The molecule has 2 aliphatic rings. The predicted molar refractivity (Wildman–Crippen MR) is 86.3 cm³/mol. The van der Waals surface area contributed by atoms with Crippen molar-refractivity contribution in [1.82, 2.24) is 0 Å². The summed E-state index contributed by atoms with van der Waals surface area (Å²) in [6.45, 7) is 0. The van der Waals surface area contributed by atoms with Gasteiger partial charge in [-0.05, 0) is 78.3 Å². The Labute approximate surface area is 128 Å². The zero-order valence-corrected chi connectivity index (χ0v) is 13.4. The van der Waals surface area contributed by atoms with Gasteiger partial charge in [0, 0.05) is 20.3 Å². The molecule has 3 rings (SSSR count). The van der Waals surface area contributed by atoms with E-state index in [1.807, 2.05) is 12.1 Å². The van der Waals surface area contributed by atoms with Gasteiger partial charge in [-0.3, -0.25) is 0 Å². The lowest BCUT2D eigenvalue weighted by Gasteiger charge is -2.30. The summed E-state index contributed by atoms with van der Waals surface area (Å²) in [5, 5.41) is 4.55. The Balaban J connectivity index is 1.64. The summed E-state index contributed by atoms with van der Waals surface area (Å²) >= 11 is 8.37. The van der Waals surface area contributed by atoms with E-state index >= 15 is 0 Å². The minimum absolute atomic E-state index is 0.666. The Morgan fingerprint density at radius 3 is 2.67 bits per heavy atom. The number of rotatable bonds is 3. The monoisotopic (exact) mass is 375 g/mol. The van der Waals surface area contributed by atoms with Gasteiger partial charge in [-0.2, -0.15) is 0 Å². The second-order valence-electron chi connectivity index (χ2n) is 5.73. The van der Waals surface area contributed by atoms with Crippen molar-refractivity contribution in [3.63, 3.8) is 0 Å². The molecule has 0 heterocycles. The van der Waals surface area contributed by atoms with Crippen molar-refractivity contribution >= 4 is 39.9 Å². The first kappa shape index (κ1) is 13.0. The SMILES string of the molecule is Clc1ccc(NC2CCCC(C3CC3)C2)c(I)c1. The summed E-state index contributed by atoms with van der Waals surface area (Å²) in [7, 11) is 0. The Morgan fingerprint density at radius 1 is 1.11 bits per heavy atom. The third-order valence-corrected chi connectivity index (χ3v) is 5.42. The maximum atomic E-state index is 6.00. The molecule has 98 valence electrons. The molecule has 1 aromatic carbocycles. The number of hydrogen-bond acceptors (Lipinski definition) is 1. The highest BCUT2D eigenvalue weighted by Crippen LogP contribution is 2.44. The van der Waals surface area contributed by atoms with E-state index in [0.29, 0.717) is 6.04 Å². The molecule has 1 nitrogen and oxygen atoms in total. The average molecular weight is 376 g/mol. The Morgan fingerprint density at radius 2 is 1.94 bits per heavy atom. The van der Waals surface area contributed by atoms with Crippen molar-refractivity contribution in [2.24, 2.45) is 11.8 Å². The maximum Gasteiger partial charge on any atom is 0.0479 e. The summed E-state index contributed by atoms with van der Waals surface area (Å²) < 4.78 is 1.23. The Bertz CT molecular complexity index is 431. The molecule has 0 radical (unpaired) electrons. The number of nitrogens with one attached hydrogen (secondary N) is 1. The van der Waals surface area contributed by atoms with Gasteiger partial charge in [0.05, 0.1) is 0 Å².